The monoisotopic (exact) mass is 363 g/mol. The van der Waals surface area contributed by atoms with Crippen LogP contribution in [0.25, 0.3) is 21.5 Å². The van der Waals surface area contributed by atoms with Crippen LogP contribution in [0, 0.1) is 0 Å². The Hall–Kier alpha value is -3.33. The highest BCUT2D eigenvalue weighted by Crippen LogP contribution is 2.39. The van der Waals surface area contributed by atoms with E-state index in [1.165, 1.54) is 43.8 Å². The standard InChI is InChI=1S/C25H21N3/c26-25(27-21-13-17-9-1-5-15-7-3-11-19(21)23(15)17)28-22-14-18-10-2-6-16-8-4-12-20(22)24(16)18/h1-12,21-22H,13-14H2,(H3,26,27,28). The Balaban J connectivity index is 1.32. The van der Waals surface area contributed by atoms with Gasteiger partial charge in [0.05, 0.1) is 12.1 Å². The Morgan fingerprint density at radius 2 is 1.32 bits per heavy atom. The molecular formula is C25H21N3. The Bertz CT molecular complexity index is 1260. The van der Waals surface area contributed by atoms with Crippen LogP contribution in [0.5, 0.6) is 0 Å². The minimum absolute atomic E-state index is 0.0909. The molecule has 4 aromatic rings. The van der Waals surface area contributed by atoms with Gasteiger partial charge in [0.1, 0.15) is 0 Å². The van der Waals surface area contributed by atoms with E-state index in [2.05, 4.69) is 78.1 Å². The zero-order chi connectivity index (χ0) is 18.7. The first-order valence-corrected chi connectivity index (χ1v) is 9.89. The number of nitrogens with two attached hydrogens (primary N) is 1. The topological polar surface area (TPSA) is 50.4 Å². The Kier molecular flexibility index (Phi) is 3.27. The number of hydrogen-bond acceptors (Lipinski definition) is 1. The number of rotatable bonds is 2. The predicted molar refractivity (Wildman–Crippen MR) is 116 cm³/mol. The smallest absolute Gasteiger partial charge is 0.189 e. The second-order valence-electron chi connectivity index (χ2n) is 7.86. The quantitative estimate of drug-likeness (QED) is 0.397. The largest absolute Gasteiger partial charge is 0.370 e. The number of guanidine groups is 1. The number of aliphatic imine (C=N–C) groups is 1. The number of nitrogens with one attached hydrogen (secondary N) is 1. The summed E-state index contributed by atoms with van der Waals surface area (Å²) in [7, 11) is 0. The van der Waals surface area contributed by atoms with Crippen molar-refractivity contribution in [3.05, 3.63) is 95.1 Å². The predicted octanol–water partition coefficient (Wildman–Crippen LogP) is 4.79. The minimum atomic E-state index is 0.0909. The maximum Gasteiger partial charge on any atom is 0.189 e. The minimum Gasteiger partial charge on any atom is -0.370 e. The zero-order valence-corrected chi connectivity index (χ0v) is 15.5. The number of benzene rings is 4. The molecule has 0 amide bonds. The molecule has 2 aliphatic rings. The molecule has 4 aromatic carbocycles. The lowest BCUT2D eigenvalue weighted by Crippen LogP contribution is -2.35. The van der Waals surface area contributed by atoms with Crippen molar-refractivity contribution in [2.24, 2.45) is 10.7 Å². The zero-order valence-electron chi connectivity index (χ0n) is 15.5. The van der Waals surface area contributed by atoms with Crippen molar-refractivity contribution < 1.29 is 0 Å². The normalized spacial score (nSPS) is 20.2. The number of nitrogens with zero attached hydrogens (tertiary/aromatic N) is 1. The van der Waals surface area contributed by atoms with Gasteiger partial charge in [0.15, 0.2) is 5.96 Å². The van der Waals surface area contributed by atoms with Gasteiger partial charge < -0.3 is 11.1 Å². The molecule has 3 nitrogen and oxygen atoms in total. The summed E-state index contributed by atoms with van der Waals surface area (Å²) in [6, 6.07) is 26.3. The molecule has 0 radical (unpaired) electrons. The van der Waals surface area contributed by atoms with Crippen molar-refractivity contribution >= 4 is 27.5 Å². The van der Waals surface area contributed by atoms with Crippen LogP contribution in [0.4, 0.5) is 0 Å². The van der Waals surface area contributed by atoms with Crippen LogP contribution < -0.4 is 11.1 Å². The van der Waals surface area contributed by atoms with Crippen LogP contribution >= 0.6 is 0 Å². The van der Waals surface area contributed by atoms with E-state index in [9.17, 15) is 0 Å². The molecule has 3 heteroatoms. The van der Waals surface area contributed by atoms with Gasteiger partial charge >= 0.3 is 0 Å². The van der Waals surface area contributed by atoms with Crippen molar-refractivity contribution in [1.29, 1.82) is 0 Å². The second-order valence-corrected chi connectivity index (χ2v) is 7.86. The molecule has 136 valence electrons. The van der Waals surface area contributed by atoms with Crippen molar-refractivity contribution in [1.82, 2.24) is 5.32 Å². The molecule has 6 rings (SSSR count). The fraction of sp³-hybridized carbons (Fsp3) is 0.160. The summed E-state index contributed by atoms with van der Waals surface area (Å²) >= 11 is 0. The van der Waals surface area contributed by atoms with E-state index < -0.39 is 0 Å². The Morgan fingerprint density at radius 1 is 0.750 bits per heavy atom. The Morgan fingerprint density at radius 3 is 2.04 bits per heavy atom. The summed E-state index contributed by atoms with van der Waals surface area (Å²) < 4.78 is 0. The van der Waals surface area contributed by atoms with Crippen LogP contribution in [0.3, 0.4) is 0 Å². The van der Waals surface area contributed by atoms with Crippen LogP contribution in [-0.2, 0) is 12.8 Å². The third kappa shape index (κ3) is 2.26. The molecule has 0 heterocycles. The van der Waals surface area contributed by atoms with Crippen LogP contribution in [0.15, 0.2) is 77.8 Å². The molecule has 0 aliphatic heterocycles. The molecule has 0 aromatic heterocycles. The lowest BCUT2D eigenvalue weighted by atomic mass is 10.0. The second kappa shape index (κ2) is 5.83. The Labute approximate surface area is 163 Å². The van der Waals surface area contributed by atoms with E-state index in [-0.39, 0.29) is 12.1 Å². The molecule has 0 saturated carbocycles. The molecule has 0 bridgehead atoms. The molecule has 3 N–H and O–H groups in total. The summed E-state index contributed by atoms with van der Waals surface area (Å²) in [4.78, 5) is 4.89. The first-order chi connectivity index (χ1) is 13.8. The molecular weight excluding hydrogens is 342 g/mol. The van der Waals surface area contributed by atoms with Gasteiger partial charge in [0, 0.05) is 0 Å². The van der Waals surface area contributed by atoms with Gasteiger partial charge in [-0.05, 0) is 56.6 Å². The lowest BCUT2D eigenvalue weighted by Gasteiger charge is -2.16. The van der Waals surface area contributed by atoms with E-state index in [4.69, 9.17) is 10.7 Å². The van der Waals surface area contributed by atoms with Gasteiger partial charge in [-0.2, -0.15) is 0 Å². The van der Waals surface area contributed by atoms with Crippen molar-refractivity contribution in [3.63, 3.8) is 0 Å². The van der Waals surface area contributed by atoms with E-state index in [0.29, 0.717) is 5.96 Å². The SMILES string of the molecule is NC(=NC1Cc2cccc3cccc1c23)NC1Cc2cccc3cccc1c23. The van der Waals surface area contributed by atoms with Gasteiger partial charge in [-0.1, -0.05) is 72.8 Å². The van der Waals surface area contributed by atoms with Crippen LogP contribution in [0.2, 0.25) is 0 Å². The third-order valence-corrected chi connectivity index (χ3v) is 6.24. The highest BCUT2D eigenvalue weighted by molar-refractivity contribution is 5.93. The van der Waals surface area contributed by atoms with Crippen molar-refractivity contribution in [2.45, 2.75) is 24.9 Å². The molecule has 0 saturated heterocycles. The highest BCUT2D eigenvalue weighted by atomic mass is 15.1. The molecule has 2 aliphatic carbocycles. The van der Waals surface area contributed by atoms with E-state index >= 15 is 0 Å². The lowest BCUT2D eigenvalue weighted by molar-refractivity contribution is 0.653. The fourth-order valence-corrected chi connectivity index (χ4v) is 5.08. The average Bonchev–Trinajstić information content (AvgIpc) is 3.24. The highest BCUT2D eigenvalue weighted by Gasteiger charge is 2.26. The van der Waals surface area contributed by atoms with Crippen molar-refractivity contribution in [2.75, 3.05) is 0 Å². The molecule has 28 heavy (non-hydrogen) atoms. The van der Waals surface area contributed by atoms with Crippen LogP contribution in [0.1, 0.15) is 34.3 Å². The van der Waals surface area contributed by atoms with Gasteiger partial charge in [0.25, 0.3) is 0 Å². The summed E-state index contributed by atoms with van der Waals surface area (Å²) in [6.07, 6.45) is 1.87. The van der Waals surface area contributed by atoms with Gasteiger partial charge in [-0.25, -0.2) is 4.99 Å². The van der Waals surface area contributed by atoms with E-state index in [1.807, 2.05) is 0 Å². The summed E-state index contributed by atoms with van der Waals surface area (Å²) in [5, 5.41) is 8.81. The van der Waals surface area contributed by atoms with E-state index in [0.717, 1.165) is 12.8 Å². The molecule has 2 atom stereocenters. The van der Waals surface area contributed by atoms with E-state index in [1.54, 1.807) is 0 Å². The first kappa shape index (κ1) is 15.7. The summed E-state index contributed by atoms with van der Waals surface area (Å²) in [6.45, 7) is 0. The molecule has 0 spiro atoms. The summed E-state index contributed by atoms with van der Waals surface area (Å²) in [5.74, 6) is 0.532. The number of hydrogen-bond donors (Lipinski definition) is 2. The van der Waals surface area contributed by atoms with Crippen LogP contribution in [-0.4, -0.2) is 5.96 Å². The maximum atomic E-state index is 6.40. The molecule has 0 fully saturated rings. The van der Waals surface area contributed by atoms with Gasteiger partial charge in [-0.15, -0.1) is 0 Å². The summed E-state index contributed by atoms with van der Waals surface area (Å²) in [5.41, 5.74) is 11.8. The fourth-order valence-electron chi connectivity index (χ4n) is 5.08. The average molecular weight is 363 g/mol. The van der Waals surface area contributed by atoms with Gasteiger partial charge in [-0.3, -0.25) is 0 Å². The maximum absolute atomic E-state index is 6.40. The van der Waals surface area contributed by atoms with Crippen molar-refractivity contribution in [3.8, 4) is 0 Å². The third-order valence-electron chi connectivity index (χ3n) is 6.24. The first-order valence-electron chi connectivity index (χ1n) is 9.89. The molecule has 2 unspecified atom stereocenters. The van der Waals surface area contributed by atoms with Gasteiger partial charge in [0.2, 0.25) is 0 Å².